The molecule has 0 spiro atoms. The number of halogens is 1. The van der Waals surface area contributed by atoms with E-state index in [1.54, 1.807) is 29.3 Å². The van der Waals surface area contributed by atoms with Crippen LogP contribution in [0.1, 0.15) is 16.2 Å². The molecule has 134 valence electrons. The molecule has 0 saturated carbocycles. The minimum absolute atomic E-state index is 0.0812. The fourth-order valence-electron chi connectivity index (χ4n) is 3.10. The maximum atomic E-state index is 12.3. The van der Waals surface area contributed by atoms with Crippen LogP contribution in [0.25, 0.3) is 5.65 Å². The van der Waals surface area contributed by atoms with Crippen LogP contribution in [0.3, 0.4) is 0 Å². The predicted molar refractivity (Wildman–Crippen MR) is 99.1 cm³/mol. The van der Waals surface area contributed by atoms with Gasteiger partial charge in [0.2, 0.25) is 0 Å². The Morgan fingerprint density at radius 2 is 2.00 bits per heavy atom. The van der Waals surface area contributed by atoms with Gasteiger partial charge in [0, 0.05) is 49.5 Å². The third-order valence-electron chi connectivity index (χ3n) is 4.45. The third-order valence-corrected chi connectivity index (χ3v) is 4.92. The van der Waals surface area contributed by atoms with Crippen molar-refractivity contribution in [1.29, 1.82) is 0 Å². The minimum atomic E-state index is -0.0991. The number of hydrogen-bond acceptors (Lipinski definition) is 5. The molecule has 0 aliphatic carbocycles. The summed E-state index contributed by atoms with van der Waals surface area (Å²) in [5.41, 5.74) is 1.27. The molecule has 4 rings (SSSR count). The molecule has 1 saturated heterocycles. The van der Waals surface area contributed by atoms with E-state index in [0.29, 0.717) is 31.0 Å². The smallest absolute Gasteiger partial charge is 0.289 e. The first kappa shape index (κ1) is 17.0. The van der Waals surface area contributed by atoms with Crippen LogP contribution in [0.5, 0.6) is 0 Å². The number of pyridine rings is 1. The molecule has 1 amide bonds. The Labute approximate surface area is 158 Å². The quantitative estimate of drug-likeness (QED) is 0.652. The Kier molecular flexibility index (Phi) is 4.60. The minimum Gasteiger partial charge on any atom is -0.459 e. The molecule has 3 aromatic heterocycles. The summed E-state index contributed by atoms with van der Waals surface area (Å²) in [6.07, 6.45) is 3.22. The number of carbonyl (C=O) groups is 1. The van der Waals surface area contributed by atoms with Gasteiger partial charge < -0.3 is 9.32 Å². The number of amides is 1. The highest BCUT2D eigenvalue weighted by Crippen LogP contribution is 2.13. The SMILES string of the molecule is O=C(c1ccco1)N1CCN(Cc2cc(=O)n3cc(Br)ccc3n2)CC1. The van der Waals surface area contributed by atoms with Crippen molar-refractivity contribution >= 4 is 27.5 Å². The molecule has 0 N–H and O–H groups in total. The first-order chi connectivity index (χ1) is 12.6. The highest BCUT2D eigenvalue weighted by Gasteiger charge is 2.24. The Morgan fingerprint density at radius 1 is 1.19 bits per heavy atom. The summed E-state index contributed by atoms with van der Waals surface area (Å²) >= 11 is 3.36. The molecule has 1 aliphatic heterocycles. The highest BCUT2D eigenvalue weighted by atomic mass is 79.9. The Balaban J connectivity index is 1.43. The van der Waals surface area contributed by atoms with Gasteiger partial charge >= 0.3 is 0 Å². The zero-order valence-corrected chi connectivity index (χ0v) is 15.6. The van der Waals surface area contributed by atoms with E-state index in [1.165, 1.54) is 10.7 Å². The molecule has 0 bridgehead atoms. The van der Waals surface area contributed by atoms with Crippen molar-refractivity contribution in [2.45, 2.75) is 6.54 Å². The maximum Gasteiger partial charge on any atom is 0.289 e. The van der Waals surface area contributed by atoms with Gasteiger partial charge in [-0.3, -0.25) is 18.9 Å². The normalized spacial score (nSPS) is 15.5. The summed E-state index contributed by atoms with van der Waals surface area (Å²) in [6.45, 7) is 3.30. The summed E-state index contributed by atoms with van der Waals surface area (Å²) in [6, 6.07) is 8.64. The van der Waals surface area contributed by atoms with Gasteiger partial charge in [-0.25, -0.2) is 4.98 Å². The molecule has 0 atom stereocenters. The van der Waals surface area contributed by atoms with E-state index in [9.17, 15) is 9.59 Å². The summed E-state index contributed by atoms with van der Waals surface area (Å²) in [5.74, 6) is 0.288. The number of piperazine rings is 1. The Hall–Kier alpha value is -2.45. The average Bonchev–Trinajstić information content (AvgIpc) is 3.17. The van der Waals surface area contributed by atoms with Crippen molar-refractivity contribution < 1.29 is 9.21 Å². The second-order valence-corrected chi connectivity index (χ2v) is 7.12. The van der Waals surface area contributed by atoms with E-state index >= 15 is 0 Å². The average molecular weight is 417 g/mol. The highest BCUT2D eigenvalue weighted by molar-refractivity contribution is 9.10. The van der Waals surface area contributed by atoms with E-state index in [0.717, 1.165) is 23.3 Å². The third kappa shape index (κ3) is 3.42. The van der Waals surface area contributed by atoms with Gasteiger partial charge in [0.15, 0.2) is 5.76 Å². The van der Waals surface area contributed by atoms with Crippen LogP contribution >= 0.6 is 15.9 Å². The number of furan rings is 1. The van der Waals surface area contributed by atoms with Gasteiger partial charge in [-0.1, -0.05) is 0 Å². The van der Waals surface area contributed by atoms with Crippen molar-refractivity contribution in [3.8, 4) is 0 Å². The van der Waals surface area contributed by atoms with E-state index in [4.69, 9.17) is 4.42 Å². The van der Waals surface area contributed by atoms with Crippen LogP contribution in [0.15, 0.2) is 56.5 Å². The van der Waals surface area contributed by atoms with Gasteiger partial charge in [0.1, 0.15) is 5.65 Å². The Morgan fingerprint density at radius 3 is 2.73 bits per heavy atom. The molecule has 8 heteroatoms. The second-order valence-electron chi connectivity index (χ2n) is 6.21. The van der Waals surface area contributed by atoms with Crippen molar-refractivity contribution in [3.63, 3.8) is 0 Å². The zero-order valence-electron chi connectivity index (χ0n) is 14.0. The van der Waals surface area contributed by atoms with Gasteiger partial charge in [0.25, 0.3) is 11.5 Å². The van der Waals surface area contributed by atoms with Crippen LogP contribution in [0.4, 0.5) is 0 Å². The topological polar surface area (TPSA) is 71.1 Å². The van der Waals surface area contributed by atoms with Gasteiger partial charge in [-0.15, -0.1) is 0 Å². The van der Waals surface area contributed by atoms with Crippen LogP contribution in [-0.2, 0) is 6.54 Å². The molecule has 0 unspecified atom stereocenters. The lowest BCUT2D eigenvalue weighted by molar-refractivity contribution is 0.0596. The van der Waals surface area contributed by atoms with Crippen LogP contribution < -0.4 is 5.56 Å². The van der Waals surface area contributed by atoms with Crippen LogP contribution in [0, 0.1) is 0 Å². The number of nitrogens with zero attached hydrogens (tertiary/aromatic N) is 4. The molecule has 3 aromatic rings. The van der Waals surface area contributed by atoms with E-state index < -0.39 is 0 Å². The zero-order chi connectivity index (χ0) is 18.1. The van der Waals surface area contributed by atoms with Gasteiger partial charge in [0.05, 0.1) is 12.0 Å². The molecule has 4 heterocycles. The number of fused-ring (bicyclic) bond motifs is 1. The van der Waals surface area contributed by atoms with Crippen LogP contribution in [0.2, 0.25) is 0 Å². The molecular weight excluding hydrogens is 400 g/mol. The first-order valence-corrected chi connectivity index (χ1v) is 9.12. The Bertz CT molecular complexity index is 991. The molecule has 7 nitrogen and oxygen atoms in total. The van der Waals surface area contributed by atoms with Gasteiger partial charge in [-0.05, 0) is 40.2 Å². The fraction of sp³-hybridized carbons (Fsp3) is 0.278. The molecule has 26 heavy (non-hydrogen) atoms. The molecular formula is C18H17BrN4O3. The summed E-state index contributed by atoms with van der Waals surface area (Å²) < 4.78 is 7.53. The summed E-state index contributed by atoms with van der Waals surface area (Å²) in [5, 5.41) is 0. The molecule has 1 aliphatic rings. The summed E-state index contributed by atoms with van der Waals surface area (Å²) in [4.78, 5) is 33.1. The summed E-state index contributed by atoms with van der Waals surface area (Å²) in [7, 11) is 0. The lowest BCUT2D eigenvalue weighted by atomic mass is 10.2. The monoisotopic (exact) mass is 416 g/mol. The molecule has 1 fully saturated rings. The standard InChI is InChI=1S/C18H17BrN4O3/c19-13-3-4-16-20-14(10-17(24)23(16)11-13)12-21-5-7-22(8-6-21)18(25)15-2-1-9-26-15/h1-4,9-11H,5-8,12H2. The first-order valence-electron chi connectivity index (χ1n) is 8.33. The number of rotatable bonds is 3. The predicted octanol–water partition coefficient (Wildman–Crippen LogP) is 2.01. The molecule has 0 radical (unpaired) electrons. The van der Waals surface area contributed by atoms with E-state index in [1.807, 2.05) is 12.1 Å². The van der Waals surface area contributed by atoms with Gasteiger partial charge in [-0.2, -0.15) is 0 Å². The van der Waals surface area contributed by atoms with Crippen LogP contribution in [-0.4, -0.2) is 51.3 Å². The van der Waals surface area contributed by atoms with Crippen molar-refractivity contribution in [3.05, 3.63) is 69.1 Å². The largest absolute Gasteiger partial charge is 0.459 e. The van der Waals surface area contributed by atoms with Crippen molar-refractivity contribution in [2.75, 3.05) is 26.2 Å². The second kappa shape index (κ2) is 7.05. The van der Waals surface area contributed by atoms with Crippen molar-refractivity contribution in [2.24, 2.45) is 0 Å². The number of aromatic nitrogens is 2. The lowest BCUT2D eigenvalue weighted by Gasteiger charge is -2.34. The maximum absolute atomic E-state index is 12.3. The fourth-order valence-corrected chi connectivity index (χ4v) is 3.44. The van der Waals surface area contributed by atoms with E-state index in [-0.39, 0.29) is 11.5 Å². The number of carbonyl (C=O) groups excluding carboxylic acids is 1. The molecule has 0 aromatic carbocycles. The van der Waals surface area contributed by atoms with Crippen molar-refractivity contribution in [1.82, 2.24) is 19.2 Å². The lowest BCUT2D eigenvalue weighted by Crippen LogP contribution is -2.48. The number of hydrogen-bond donors (Lipinski definition) is 0. The van der Waals surface area contributed by atoms with E-state index in [2.05, 4.69) is 25.8 Å².